The van der Waals surface area contributed by atoms with Crippen molar-refractivity contribution in [3.8, 4) is 23.4 Å². The number of methoxy groups -OCH3 is 3. The SMILES string of the molecule is CCN/C(=N\C#N)Nc1ccc2ncc(Nc3cc(OC)c(OC)c(OC)c3)nc2n1. The third-order valence-electron chi connectivity index (χ3n) is 4.10. The van der Waals surface area contributed by atoms with Crippen LogP contribution in [0.4, 0.5) is 17.3 Å². The Hall–Kier alpha value is -4.33. The van der Waals surface area contributed by atoms with E-state index in [2.05, 4.69) is 35.9 Å². The number of nitrogens with one attached hydrogen (secondary N) is 3. The summed E-state index contributed by atoms with van der Waals surface area (Å²) in [5, 5.41) is 17.9. The summed E-state index contributed by atoms with van der Waals surface area (Å²) in [6.45, 7) is 2.50. The molecular formula is C20H22N8O3. The monoisotopic (exact) mass is 422 g/mol. The first-order valence-corrected chi connectivity index (χ1v) is 9.30. The van der Waals surface area contributed by atoms with Crippen molar-refractivity contribution in [3.05, 3.63) is 30.5 Å². The lowest BCUT2D eigenvalue weighted by Gasteiger charge is -2.15. The summed E-state index contributed by atoms with van der Waals surface area (Å²) in [6.07, 6.45) is 3.34. The highest BCUT2D eigenvalue weighted by atomic mass is 16.5. The van der Waals surface area contributed by atoms with Crippen molar-refractivity contribution in [1.29, 1.82) is 5.26 Å². The van der Waals surface area contributed by atoms with Crippen molar-refractivity contribution < 1.29 is 14.2 Å². The van der Waals surface area contributed by atoms with Crippen LogP contribution >= 0.6 is 0 Å². The van der Waals surface area contributed by atoms with Gasteiger partial charge in [-0.25, -0.2) is 15.0 Å². The summed E-state index contributed by atoms with van der Waals surface area (Å²) in [5.74, 6) is 2.76. The maximum absolute atomic E-state index is 8.80. The quantitative estimate of drug-likeness (QED) is 0.296. The number of aliphatic imine (C=N–C) groups is 1. The van der Waals surface area contributed by atoms with Gasteiger partial charge < -0.3 is 30.2 Å². The summed E-state index contributed by atoms with van der Waals surface area (Å²) in [5.41, 5.74) is 1.70. The first-order valence-electron chi connectivity index (χ1n) is 9.30. The number of nitrogens with zero attached hydrogens (tertiary/aromatic N) is 5. The van der Waals surface area contributed by atoms with E-state index in [0.717, 1.165) is 0 Å². The number of pyridine rings is 1. The van der Waals surface area contributed by atoms with E-state index in [4.69, 9.17) is 19.5 Å². The van der Waals surface area contributed by atoms with Crippen LogP contribution in [0.15, 0.2) is 35.5 Å². The van der Waals surface area contributed by atoms with Crippen molar-refractivity contribution in [1.82, 2.24) is 20.3 Å². The topological polar surface area (TPSA) is 139 Å². The van der Waals surface area contributed by atoms with Crippen LogP contribution in [0.3, 0.4) is 0 Å². The molecule has 31 heavy (non-hydrogen) atoms. The fraction of sp³-hybridized carbons (Fsp3) is 0.250. The Kier molecular flexibility index (Phi) is 6.85. The second kappa shape index (κ2) is 9.93. The molecule has 3 rings (SSSR count). The molecule has 11 heteroatoms. The normalized spacial score (nSPS) is 10.9. The lowest BCUT2D eigenvalue weighted by molar-refractivity contribution is 0.324. The van der Waals surface area contributed by atoms with Crippen LogP contribution in [-0.2, 0) is 0 Å². The number of benzene rings is 1. The van der Waals surface area contributed by atoms with Gasteiger partial charge in [0.2, 0.25) is 17.9 Å². The molecule has 0 bridgehead atoms. The van der Waals surface area contributed by atoms with Crippen LogP contribution in [0.25, 0.3) is 11.2 Å². The van der Waals surface area contributed by atoms with E-state index in [1.807, 2.05) is 6.92 Å². The minimum Gasteiger partial charge on any atom is -0.493 e. The van der Waals surface area contributed by atoms with Gasteiger partial charge in [0.1, 0.15) is 11.3 Å². The number of hydrogen-bond donors (Lipinski definition) is 3. The van der Waals surface area contributed by atoms with Gasteiger partial charge in [-0.3, -0.25) is 0 Å². The van der Waals surface area contributed by atoms with E-state index in [-0.39, 0.29) is 0 Å². The van der Waals surface area contributed by atoms with E-state index in [1.165, 1.54) is 0 Å². The summed E-state index contributed by atoms with van der Waals surface area (Å²) >= 11 is 0. The van der Waals surface area contributed by atoms with Gasteiger partial charge in [-0.05, 0) is 19.1 Å². The molecule has 0 aliphatic heterocycles. The zero-order valence-corrected chi connectivity index (χ0v) is 17.6. The number of hydrogen-bond acceptors (Lipinski definition) is 9. The summed E-state index contributed by atoms with van der Waals surface area (Å²) < 4.78 is 16.1. The van der Waals surface area contributed by atoms with Gasteiger partial charge in [-0.2, -0.15) is 5.26 Å². The Morgan fingerprint density at radius 3 is 2.39 bits per heavy atom. The maximum Gasteiger partial charge on any atom is 0.212 e. The zero-order valence-electron chi connectivity index (χ0n) is 17.6. The number of nitriles is 1. The average Bonchev–Trinajstić information content (AvgIpc) is 2.78. The number of aromatic nitrogens is 3. The van der Waals surface area contributed by atoms with Crippen molar-refractivity contribution >= 4 is 34.4 Å². The molecule has 3 N–H and O–H groups in total. The van der Waals surface area contributed by atoms with Gasteiger partial charge in [0, 0.05) is 24.4 Å². The molecule has 11 nitrogen and oxygen atoms in total. The van der Waals surface area contributed by atoms with Crippen molar-refractivity contribution in [2.24, 2.45) is 4.99 Å². The minimum atomic E-state index is 0.302. The van der Waals surface area contributed by atoms with Crippen LogP contribution in [0.5, 0.6) is 17.2 Å². The van der Waals surface area contributed by atoms with E-state index >= 15 is 0 Å². The molecule has 0 atom stereocenters. The third kappa shape index (κ3) is 4.99. The molecule has 0 saturated heterocycles. The smallest absolute Gasteiger partial charge is 0.212 e. The first kappa shape index (κ1) is 21.4. The Morgan fingerprint density at radius 1 is 1.06 bits per heavy atom. The number of fused-ring (bicyclic) bond motifs is 1. The second-order valence-electron chi connectivity index (χ2n) is 6.05. The van der Waals surface area contributed by atoms with Gasteiger partial charge in [0.05, 0.1) is 27.5 Å². The van der Waals surface area contributed by atoms with Gasteiger partial charge in [0.25, 0.3) is 0 Å². The predicted molar refractivity (Wildman–Crippen MR) is 117 cm³/mol. The summed E-state index contributed by atoms with van der Waals surface area (Å²) in [4.78, 5) is 17.0. The lowest BCUT2D eigenvalue weighted by Crippen LogP contribution is -2.30. The van der Waals surface area contributed by atoms with Crippen LogP contribution < -0.4 is 30.2 Å². The highest BCUT2D eigenvalue weighted by molar-refractivity contribution is 5.94. The molecule has 0 saturated carbocycles. The standard InChI is InChI=1S/C20H22N8O3/c1-5-22-20(24-11-21)28-16-7-6-13-19(26-16)27-17(10-23-13)25-12-8-14(29-2)18(31-4)15(9-12)30-3/h6-10H,5H2,1-4H3,(H3,22,24,25,26,27,28). The summed E-state index contributed by atoms with van der Waals surface area (Å²) in [6, 6.07) is 7.03. The molecule has 1 aromatic carbocycles. The molecule has 2 heterocycles. The lowest BCUT2D eigenvalue weighted by atomic mass is 10.2. The number of anilines is 3. The molecule has 0 radical (unpaired) electrons. The highest BCUT2D eigenvalue weighted by Gasteiger charge is 2.14. The Labute approximate surface area is 179 Å². The van der Waals surface area contributed by atoms with E-state index in [0.29, 0.717) is 58.2 Å². The molecule has 0 fully saturated rings. The Morgan fingerprint density at radius 2 is 1.77 bits per heavy atom. The number of guanidine groups is 1. The second-order valence-corrected chi connectivity index (χ2v) is 6.05. The molecule has 0 unspecified atom stereocenters. The van der Waals surface area contributed by atoms with E-state index < -0.39 is 0 Å². The summed E-state index contributed by atoms with van der Waals surface area (Å²) in [7, 11) is 4.64. The molecular weight excluding hydrogens is 400 g/mol. The molecule has 0 aliphatic carbocycles. The van der Waals surface area contributed by atoms with Crippen LogP contribution in [-0.4, -0.2) is 48.8 Å². The molecule has 160 valence electrons. The van der Waals surface area contributed by atoms with Gasteiger partial charge in [0.15, 0.2) is 23.0 Å². The average molecular weight is 422 g/mol. The number of ether oxygens (including phenoxy) is 3. The fourth-order valence-corrected chi connectivity index (χ4v) is 2.78. The van der Waals surface area contributed by atoms with E-state index in [9.17, 15) is 0 Å². The maximum atomic E-state index is 8.80. The van der Waals surface area contributed by atoms with Crippen LogP contribution in [0.2, 0.25) is 0 Å². The number of rotatable bonds is 7. The molecule has 0 aliphatic rings. The van der Waals surface area contributed by atoms with Crippen LogP contribution in [0, 0.1) is 11.5 Å². The van der Waals surface area contributed by atoms with Crippen molar-refractivity contribution in [2.45, 2.75) is 6.92 Å². The van der Waals surface area contributed by atoms with Gasteiger partial charge >= 0.3 is 0 Å². The molecule has 0 spiro atoms. The first-order chi connectivity index (χ1) is 15.1. The Balaban J connectivity index is 1.90. The Bertz CT molecular complexity index is 1120. The van der Waals surface area contributed by atoms with Crippen molar-refractivity contribution in [3.63, 3.8) is 0 Å². The molecule has 0 amide bonds. The largest absolute Gasteiger partial charge is 0.493 e. The fourth-order valence-electron chi connectivity index (χ4n) is 2.78. The predicted octanol–water partition coefficient (Wildman–Crippen LogP) is 2.65. The zero-order chi connectivity index (χ0) is 22.2. The molecule has 3 aromatic rings. The minimum absolute atomic E-state index is 0.302. The van der Waals surface area contributed by atoms with Gasteiger partial charge in [-0.15, -0.1) is 4.99 Å². The van der Waals surface area contributed by atoms with Gasteiger partial charge in [-0.1, -0.05) is 0 Å². The highest BCUT2D eigenvalue weighted by Crippen LogP contribution is 2.40. The van der Waals surface area contributed by atoms with E-state index in [1.54, 1.807) is 58.0 Å². The molecule has 2 aromatic heterocycles. The third-order valence-corrected chi connectivity index (χ3v) is 4.10. The van der Waals surface area contributed by atoms with Crippen molar-refractivity contribution in [2.75, 3.05) is 38.5 Å². The van der Waals surface area contributed by atoms with Crippen LogP contribution in [0.1, 0.15) is 6.92 Å².